The Morgan fingerprint density at radius 2 is 0.829 bits per heavy atom. The molecule has 0 aromatic heterocycles. The van der Waals surface area contributed by atoms with E-state index < -0.39 is 49.5 Å². The van der Waals surface area contributed by atoms with Crippen molar-refractivity contribution in [1.29, 1.82) is 0 Å². The monoisotopic (exact) mass is 1060 g/mol. The van der Waals surface area contributed by atoms with E-state index in [1.165, 1.54) is 96.3 Å². The number of nitrogens with one attached hydrogen (secondary N) is 1. The summed E-state index contributed by atoms with van der Waals surface area (Å²) >= 11 is 0. The number of hydrogen-bond acceptors (Lipinski definition) is 8. The van der Waals surface area contributed by atoms with Crippen molar-refractivity contribution in [3.8, 4) is 0 Å². The Morgan fingerprint density at radius 1 is 0.461 bits per heavy atom. The largest absolute Gasteiger partial charge is 0.394 e. The fourth-order valence-electron chi connectivity index (χ4n) is 8.69. The highest BCUT2D eigenvalue weighted by atomic mass is 16.7. The summed E-state index contributed by atoms with van der Waals surface area (Å²) in [6.45, 7) is 3.63. The third-order valence-corrected chi connectivity index (χ3v) is 13.5. The highest BCUT2D eigenvalue weighted by molar-refractivity contribution is 5.76. The lowest BCUT2D eigenvalue weighted by Gasteiger charge is -2.40. The zero-order chi connectivity index (χ0) is 55.0. The van der Waals surface area contributed by atoms with E-state index in [9.17, 15) is 30.3 Å². The van der Waals surface area contributed by atoms with Crippen LogP contribution in [0.15, 0.2) is 134 Å². The average Bonchev–Trinajstić information content (AvgIpc) is 3.42. The van der Waals surface area contributed by atoms with Crippen molar-refractivity contribution in [2.45, 2.75) is 269 Å². The lowest BCUT2D eigenvalue weighted by atomic mass is 9.99. The van der Waals surface area contributed by atoms with E-state index in [0.29, 0.717) is 6.42 Å². The number of carbonyl (C=O) groups is 1. The van der Waals surface area contributed by atoms with Gasteiger partial charge in [-0.3, -0.25) is 4.79 Å². The van der Waals surface area contributed by atoms with Crippen LogP contribution in [0, 0.1) is 0 Å². The SMILES string of the molecule is CC/C=C\C/C=C\C/C=C\C/C=C\C/C=C\C/C=C\C/C=C\C/C=C\C/C=C\CCCCCCCCCCCCCC(=O)NC(COC1OC(CO)C(O)C(O)C1O)C(O)/C=C/CC/C=C/CCCCCCCCCC. The van der Waals surface area contributed by atoms with Gasteiger partial charge < -0.3 is 40.3 Å². The molecule has 1 rings (SSSR count). The second-order valence-electron chi connectivity index (χ2n) is 20.4. The number of amides is 1. The molecule has 1 aliphatic heterocycles. The number of ether oxygens (including phenoxy) is 2. The number of aliphatic hydroxyl groups excluding tert-OH is 5. The van der Waals surface area contributed by atoms with Crippen molar-refractivity contribution in [1.82, 2.24) is 5.32 Å². The summed E-state index contributed by atoms with van der Waals surface area (Å²) in [6, 6.07) is -0.831. The first-order valence-corrected chi connectivity index (χ1v) is 30.4. The Bertz CT molecular complexity index is 1650. The van der Waals surface area contributed by atoms with Crippen LogP contribution in [-0.4, -0.2) is 87.5 Å². The number of unbranched alkanes of at least 4 members (excludes halogenated alkanes) is 20. The van der Waals surface area contributed by atoms with Crippen LogP contribution in [-0.2, 0) is 14.3 Å². The number of allylic oxidation sites excluding steroid dienone is 21. The van der Waals surface area contributed by atoms with Crippen molar-refractivity contribution in [3.63, 3.8) is 0 Å². The Labute approximate surface area is 464 Å². The number of aliphatic hydroxyl groups is 5. The molecule has 1 saturated heterocycles. The molecule has 0 aromatic carbocycles. The molecule has 6 N–H and O–H groups in total. The Kier molecular flexibility index (Phi) is 50.6. The summed E-state index contributed by atoms with van der Waals surface area (Å²) in [6.07, 6.45) is 76.7. The average molecular weight is 1060 g/mol. The van der Waals surface area contributed by atoms with Gasteiger partial charge in [0.2, 0.25) is 5.91 Å². The van der Waals surface area contributed by atoms with E-state index in [1.807, 2.05) is 6.08 Å². The summed E-state index contributed by atoms with van der Waals surface area (Å²) in [4.78, 5) is 13.0. The molecule has 1 fully saturated rings. The molecule has 432 valence electrons. The van der Waals surface area contributed by atoms with Crippen molar-refractivity contribution in [3.05, 3.63) is 134 Å². The van der Waals surface area contributed by atoms with Gasteiger partial charge in [0.25, 0.3) is 0 Å². The Morgan fingerprint density at radius 3 is 1.26 bits per heavy atom. The fourth-order valence-corrected chi connectivity index (χ4v) is 8.69. The molecule has 0 spiro atoms. The maximum atomic E-state index is 13.0. The molecule has 0 aromatic rings. The molecule has 0 aliphatic carbocycles. The number of carbonyl (C=O) groups excluding carboxylic acids is 1. The zero-order valence-electron chi connectivity index (χ0n) is 48.0. The van der Waals surface area contributed by atoms with E-state index in [-0.39, 0.29) is 12.5 Å². The standard InChI is InChI=1S/C67H111NO8/c1-3-5-7-9-11-13-15-17-19-20-21-22-23-24-25-26-27-28-29-30-31-32-33-34-35-36-37-38-39-40-41-42-43-45-47-49-51-53-55-57-63(71)68-60(59-75-67-66(74)65(73)64(72)62(58-69)76-67)61(70)56-54-52-50-48-46-44-18-16-14-12-10-8-6-4-2/h5,7,11,13,17,19,21-22,24-25,27-28,30-31,33-34,36-37,46,48,54,56,60-62,64-67,69-70,72-74H,3-4,6,8-10,12,14-16,18,20,23,26,29,32,35,38-45,47,49-53,55,57-59H2,1-2H3,(H,68,71)/b7-5-,13-11-,19-17-,22-21-,25-24-,28-27-,31-30-,34-33-,37-36-,48-46+,56-54+. The van der Waals surface area contributed by atoms with Crippen molar-refractivity contribution >= 4 is 5.91 Å². The summed E-state index contributed by atoms with van der Waals surface area (Å²) in [7, 11) is 0. The van der Waals surface area contributed by atoms with E-state index in [0.717, 1.165) is 109 Å². The molecule has 9 heteroatoms. The molecular weight excluding hydrogens is 947 g/mol. The van der Waals surface area contributed by atoms with Crippen molar-refractivity contribution in [2.75, 3.05) is 13.2 Å². The lowest BCUT2D eigenvalue weighted by Crippen LogP contribution is -2.60. The van der Waals surface area contributed by atoms with Gasteiger partial charge in [-0.15, -0.1) is 0 Å². The van der Waals surface area contributed by atoms with Crippen LogP contribution in [0.25, 0.3) is 0 Å². The van der Waals surface area contributed by atoms with Crippen LogP contribution in [0.4, 0.5) is 0 Å². The number of hydrogen-bond donors (Lipinski definition) is 6. The van der Waals surface area contributed by atoms with E-state index in [4.69, 9.17) is 9.47 Å². The maximum Gasteiger partial charge on any atom is 0.220 e. The second-order valence-corrected chi connectivity index (χ2v) is 20.4. The lowest BCUT2D eigenvalue weighted by molar-refractivity contribution is -0.302. The first-order valence-electron chi connectivity index (χ1n) is 30.4. The minimum atomic E-state index is -1.58. The zero-order valence-corrected chi connectivity index (χ0v) is 48.0. The summed E-state index contributed by atoms with van der Waals surface area (Å²) in [5, 5.41) is 54.4. The highest BCUT2D eigenvalue weighted by Crippen LogP contribution is 2.23. The maximum absolute atomic E-state index is 13.0. The Hall–Kier alpha value is -3.67. The Balaban J connectivity index is 2.15. The van der Waals surface area contributed by atoms with Crippen LogP contribution in [0.2, 0.25) is 0 Å². The smallest absolute Gasteiger partial charge is 0.220 e. The molecule has 7 atom stereocenters. The second kappa shape index (κ2) is 54.7. The molecule has 0 radical (unpaired) electrons. The van der Waals surface area contributed by atoms with Crippen molar-refractivity contribution < 1.29 is 39.8 Å². The van der Waals surface area contributed by atoms with Gasteiger partial charge in [0, 0.05) is 6.42 Å². The van der Waals surface area contributed by atoms with E-state index >= 15 is 0 Å². The summed E-state index contributed by atoms with van der Waals surface area (Å²) in [5.41, 5.74) is 0. The van der Waals surface area contributed by atoms with Gasteiger partial charge in [-0.05, 0) is 103 Å². The topological polar surface area (TPSA) is 149 Å². The molecule has 9 nitrogen and oxygen atoms in total. The predicted octanol–water partition coefficient (Wildman–Crippen LogP) is 15.7. The molecule has 1 aliphatic rings. The molecule has 1 amide bonds. The quantitative estimate of drug-likeness (QED) is 0.0261. The van der Waals surface area contributed by atoms with Crippen LogP contribution in [0.3, 0.4) is 0 Å². The van der Waals surface area contributed by atoms with Gasteiger partial charge in [0.05, 0.1) is 25.4 Å². The highest BCUT2D eigenvalue weighted by Gasteiger charge is 2.44. The fraction of sp³-hybridized carbons (Fsp3) is 0.657. The van der Waals surface area contributed by atoms with Gasteiger partial charge in [0.15, 0.2) is 6.29 Å². The van der Waals surface area contributed by atoms with E-state index in [2.05, 4.69) is 141 Å². The third-order valence-electron chi connectivity index (χ3n) is 13.5. The van der Waals surface area contributed by atoms with Crippen LogP contribution in [0.5, 0.6) is 0 Å². The van der Waals surface area contributed by atoms with Gasteiger partial charge in [-0.25, -0.2) is 0 Å². The van der Waals surface area contributed by atoms with Gasteiger partial charge in [-0.1, -0.05) is 250 Å². The third kappa shape index (κ3) is 43.3. The van der Waals surface area contributed by atoms with Crippen LogP contribution >= 0.6 is 0 Å². The van der Waals surface area contributed by atoms with Crippen LogP contribution in [0.1, 0.15) is 226 Å². The minimum Gasteiger partial charge on any atom is -0.394 e. The molecule has 0 bridgehead atoms. The molecular formula is C67H111NO8. The molecule has 7 unspecified atom stereocenters. The normalized spacial score (nSPS) is 19.8. The van der Waals surface area contributed by atoms with Gasteiger partial charge >= 0.3 is 0 Å². The molecule has 0 saturated carbocycles. The van der Waals surface area contributed by atoms with Gasteiger partial charge in [-0.2, -0.15) is 0 Å². The molecule has 76 heavy (non-hydrogen) atoms. The summed E-state index contributed by atoms with van der Waals surface area (Å²) < 4.78 is 11.2. The number of rotatable bonds is 50. The summed E-state index contributed by atoms with van der Waals surface area (Å²) in [5.74, 6) is -0.196. The van der Waals surface area contributed by atoms with E-state index in [1.54, 1.807) is 6.08 Å². The minimum absolute atomic E-state index is 0.196. The first kappa shape index (κ1) is 70.3. The predicted molar refractivity (Wildman–Crippen MR) is 322 cm³/mol. The van der Waals surface area contributed by atoms with Crippen LogP contribution < -0.4 is 5.32 Å². The van der Waals surface area contributed by atoms with Gasteiger partial charge in [0.1, 0.15) is 24.4 Å². The van der Waals surface area contributed by atoms with Crippen molar-refractivity contribution in [2.24, 2.45) is 0 Å². The molecule has 1 heterocycles. The first-order chi connectivity index (χ1) is 37.3.